The monoisotopic (exact) mass is 204 g/mol. The van der Waals surface area contributed by atoms with Crippen LogP contribution in [0.4, 0.5) is 13.2 Å². The lowest BCUT2D eigenvalue weighted by Crippen LogP contribution is -2.11. The molecular weight excluding hydrogens is 197 g/mol. The van der Waals surface area contributed by atoms with Gasteiger partial charge in [-0.3, -0.25) is 0 Å². The first-order chi connectivity index (χ1) is 6.48. The average Bonchev–Trinajstić information content (AvgIpc) is 2.46. The minimum absolute atomic E-state index is 0.00711. The van der Waals surface area contributed by atoms with E-state index in [0.29, 0.717) is 5.56 Å². The summed E-state index contributed by atoms with van der Waals surface area (Å²) >= 11 is 0. The number of ether oxygens (including phenoxy) is 1. The molecule has 2 heterocycles. The molecule has 3 nitrogen and oxygen atoms in total. The highest BCUT2D eigenvalue weighted by Gasteiger charge is 2.34. The molecule has 0 fully saturated rings. The highest BCUT2D eigenvalue weighted by Crippen LogP contribution is 2.34. The molecule has 6 heteroatoms. The van der Waals surface area contributed by atoms with Gasteiger partial charge in [-0.25, -0.2) is 4.98 Å². The van der Waals surface area contributed by atoms with E-state index < -0.39 is 11.9 Å². The van der Waals surface area contributed by atoms with Gasteiger partial charge in [0, 0.05) is 5.56 Å². The van der Waals surface area contributed by atoms with E-state index in [1.54, 1.807) is 0 Å². The van der Waals surface area contributed by atoms with Crippen molar-refractivity contribution in [3.8, 4) is 5.88 Å². The summed E-state index contributed by atoms with van der Waals surface area (Å²) in [6.45, 7) is 0.184. The third-order valence-electron chi connectivity index (χ3n) is 1.98. The van der Waals surface area contributed by atoms with Crippen molar-refractivity contribution in [1.82, 2.24) is 4.98 Å². The molecule has 0 unspecified atom stereocenters. The van der Waals surface area contributed by atoms with E-state index in [0.717, 1.165) is 6.07 Å². The molecule has 2 rings (SSSR count). The minimum atomic E-state index is -4.44. The van der Waals surface area contributed by atoms with Crippen molar-refractivity contribution in [2.24, 2.45) is 5.73 Å². The van der Waals surface area contributed by atoms with Crippen molar-refractivity contribution >= 4 is 0 Å². The predicted molar refractivity (Wildman–Crippen MR) is 41.7 cm³/mol. The zero-order valence-corrected chi connectivity index (χ0v) is 7.01. The lowest BCUT2D eigenvalue weighted by Gasteiger charge is -2.06. The van der Waals surface area contributed by atoms with Gasteiger partial charge >= 0.3 is 6.18 Å². The van der Waals surface area contributed by atoms with Crippen molar-refractivity contribution in [2.75, 3.05) is 6.61 Å². The highest BCUT2D eigenvalue weighted by atomic mass is 19.4. The van der Waals surface area contributed by atoms with E-state index in [-0.39, 0.29) is 18.5 Å². The fourth-order valence-electron chi connectivity index (χ4n) is 1.27. The maximum Gasteiger partial charge on any atom is 0.433 e. The molecule has 14 heavy (non-hydrogen) atoms. The summed E-state index contributed by atoms with van der Waals surface area (Å²) in [6, 6.07) is 1.84. The summed E-state index contributed by atoms with van der Waals surface area (Å²) in [4.78, 5) is 3.35. The second-order valence-corrected chi connectivity index (χ2v) is 3.01. The molecule has 0 radical (unpaired) electrons. The Kier molecular flexibility index (Phi) is 1.88. The first kappa shape index (κ1) is 9.26. The van der Waals surface area contributed by atoms with Crippen LogP contribution in [0.25, 0.3) is 0 Å². The molecule has 1 aliphatic heterocycles. The number of rotatable bonds is 0. The Hall–Kier alpha value is -1.30. The van der Waals surface area contributed by atoms with Crippen LogP contribution in [0.5, 0.6) is 5.88 Å². The van der Waals surface area contributed by atoms with Gasteiger partial charge < -0.3 is 10.5 Å². The third-order valence-corrected chi connectivity index (χ3v) is 1.98. The summed E-state index contributed by atoms with van der Waals surface area (Å²) in [5.74, 6) is -0.00711. The van der Waals surface area contributed by atoms with Gasteiger partial charge in [0.25, 0.3) is 0 Å². The smallest absolute Gasteiger partial charge is 0.433 e. The van der Waals surface area contributed by atoms with Crippen molar-refractivity contribution in [2.45, 2.75) is 12.2 Å². The number of aromatic nitrogens is 1. The van der Waals surface area contributed by atoms with Crippen LogP contribution >= 0.6 is 0 Å². The number of hydrogen-bond donors (Lipinski definition) is 1. The van der Waals surface area contributed by atoms with Gasteiger partial charge in [0.2, 0.25) is 5.88 Å². The molecule has 1 aromatic rings. The largest absolute Gasteiger partial charge is 0.475 e. The van der Waals surface area contributed by atoms with E-state index >= 15 is 0 Å². The number of pyridine rings is 1. The second kappa shape index (κ2) is 2.84. The van der Waals surface area contributed by atoms with Gasteiger partial charge in [0.05, 0.1) is 6.04 Å². The fourth-order valence-corrected chi connectivity index (χ4v) is 1.27. The lowest BCUT2D eigenvalue weighted by molar-refractivity contribution is -0.141. The molecule has 1 aromatic heterocycles. The molecule has 1 aliphatic rings. The number of fused-ring (bicyclic) bond motifs is 1. The Bertz CT molecular complexity index is 364. The highest BCUT2D eigenvalue weighted by molar-refractivity contribution is 5.35. The quantitative estimate of drug-likeness (QED) is 0.696. The number of halogens is 3. The Morgan fingerprint density at radius 3 is 2.79 bits per heavy atom. The van der Waals surface area contributed by atoms with E-state index in [4.69, 9.17) is 10.5 Å². The van der Waals surface area contributed by atoms with Gasteiger partial charge in [-0.15, -0.1) is 0 Å². The molecule has 2 N–H and O–H groups in total. The van der Waals surface area contributed by atoms with Crippen LogP contribution in [0.3, 0.4) is 0 Å². The molecule has 0 amide bonds. The predicted octanol–water partition coefficient (Wildman–Crippen LogP) is 1.49. The number of nitrogens with two attached hydrogens (primary N) is 1. The standard InChI is InChI=1S/C8H7F3N2O/c9-8(10,11)6-2-1-4-5(12)3-14-7(4)13-6/h1-2,5H,3,12H2/t5-/m1/s1. The van der Waals surface area contributed by atoms with Gasteiger partial charge in [-0.1, -0.05) is 0 Å². The third kappa shape index (κ3) is 1.41. The zero-order valence-electron chi connectivity index (χ0n) is 7.01. The summed E-state index contributed by atoms with van der Waals surface area (Å²) in [5.41, 5.74) is 5.13. The Morgan fingerprint density at radius 1 is 1.43 bits per heavy atom. The molecular formula is C8H7F3N2O. The summed E-state index contributed by atoms with van der Waals surface area (Å²) < 4.78 is 41.5. The van der Waals surface area contributed by atoms with Crippen LogP contribution < -0.4 is 10.5 Å². The first-order valence-electron chi connectivity index (χ1n) is 3.95. The van der Waals surface area contributed by atoms with Crippen LogP contribution in [0.2, 0.25) is 0 Å². The summed E-state index contributed by atoms with van der Waals surface area (Å²) in [7, 11) is 0. The normalized spacial score (nSPS) is 20.4. The van der Waals surface area contributed by atoms with Crippen molar-refractivity contribution in [1.29, 1.82) is 0 Å². The van der Waals surface area contributed by atoms with Gasteiger partial charge in [-0.05, 0) is 12.1 Å². The molecule has 0 aromatic carbocycles. The SMILES string of the molecule is N[C@@H]1COc2nc(C(F)(F)F)ccc21. The van der Waals surface area contributed by atoms with Crippen LogP contribution in [0, 0.1) is 0 Å². The maximum atomic E-state index is 12.2. The number of hydrogen-bond acceptors (Lipinski definition) is 3. The Labute approximate surface area is 77.7 Å². The van der Waals surface area contributed by atoms with E-state index in [1.807, 2.05) is 0 Å². The lowest BCUT2D eigenvalue weighted by atomic mass is 10.1. The first-order valence-corrected chi connectivity index (χ1v) is 3.95. The van der Waals surface area contributed by atoms with Crippen molar-refractivity contribution in [3.63, 3.8) is 0 Å². The van der Waals surface area contributed by atoms with E-state index in [1.165, 1.54) is 6.07 Å². The van der Waals surface area contributed by atoms with Gasteiger partial charge in [0.1, 0.15) is 12.3 Å². The molecule has 0 aliphatic carbocycles. The minimum Gasteiger partial charge on any atom is -0.475 e. The molecule has 0 saturated heterocycles. The van der Waals surface area contributed by atoms with E-state index in [2.05, 4.69) is 4.98 Å². The Morgan fingerprint density at radius 2 is 2.14 bits per heavy atom. The number of alkyl halides is 3. The van der Waals surface area contributed by atoms with E-state index in [9.17, 15) is 13.2 Å². The Balaban J connectivity index is 2.42. The fraction of sp³-hybridized carbons (Fsp3) is 0.375. The van der Waals surface area contributed by atoms with Gasteiger partial charge in [0.15, 0.2) is 0 Å². The van der Waals surface area contributed by atoms with Crippen molar-refractivity contribution < 1.29 is 17.9 Å². The summed E-state index contributed by atoms with van der Waals surface area (Å²) in [5, 5.41) is 0. The average molecular weight is 204 g/mol. The molecule has 76 valence electrons. The second-order valence-electron chi connectivity index (χ2n) is 3.01. The summed E-state index contributed by atoms with van der Waals surface area (Å²) in [6.07, 6.45) is -4.44. The maximum absolute atomic E-state index is 12.2. The molecule has 0 spiro atoms. The zero-order chi connectivity index (χ0) is 10.3. The van der Waals surface area contributed by atoms with Crippen LogP contribution in [0.1, 0.15) is 17.3 Å². The van der Waals surface area contributed by atoms with Crippen LogP contribution in [-0.2, 0) is 6.18 Å². The molecule has 1 atom stereocenters. The van der Waals surface area contributed by atoms with Crippen molar-refractivity contribution in [3.05, 3.63) is 23.4 Å². The molecule has 0 saturated carbocycles. The topological polar surface area (TPSA) is 48.1 Å². The number of nitrogens with zero attached hydrogens (tertiary/aromatic N) is 1. The molecule has 0 bridgehead atoms. The van der Waals surface area contributed by atoms with Gasteiger partial charge in [-0.2, -0.15) is 13.2 Å². The van der Waals surface area contributed by atoms with Crippen LogP contribution in [0.15, 0.2) is 12.1 Å². The van der Waals surface area contributed by atoms with Crippen LogP contribution in [-0.4, -0.2) is 11.6 Å².